The molecule has 0 radical (unpaired) electrons. The first-order valence-corrected chi connectivity index (χ1v) is 4.92. The molecule has 2 amide bonds. The van der Waals surface area contributed by atoms with Crippen molar-refractivity contribution >= 4 is 23.2 Å². The van der Waals surface area contributed by atoms with Crippen LogP contribution in [0.15, 0.2) is 24.3 Å². The molecule has 8 heteroatoms. The van der Waals surface area contributed by atoms with Crippen molar-refractivity contribution in [2.45, 2.75) is 12.2 Å². The minimum absolute atomic E-state index is 0.270. The first-order valence-electron chi connectivity index (χ1n) is 4.92. The highest BCUT2D eigenvalue weighted by atomic mass is 16.6. The average molecular weight is 252 g/mol. The zero-order chi connectivity index (χ0) is 13.4. The van der Waals surface area contributed by atoms with Crippen molar-refractivity contribution in [3.8, 4) is 0 Å². The summed E-state index contributed by atoms with van der Waals surface area (Å²) in [5.74, 6) is -2.16. The Bertz CT molecular complexity index is 523. The number of rotatable bonds is 2. The molecular weight excluding hydrogens is 244 g/mol. The van der Waals surface area contributed by atoms with Gasteiger partial charge in [0.1, 0.15) is 5.69 Å². The molecule has 18 heavy (non-hydrogen) atoms. The van der Waals surface area contributed by atoms with Gasteiger partial charge in [0.05, 0.1) is 4.92 Å². The summed E-state index contributed by atoms with van der Waals surface area (Å²) < 4.78 is 0. The van der Waals surface area contributed by atoms with Crippen molar-refractivity contribution in [2.75, 3.05) is 4.90 Å². The Hall–Kier alpha value is -2.32. The summed E-state index contributed by atoms with van der Waals surface area (Å²) >= 11 is 0. The quantitative estimate of drug-likeness (QED) is 0.403. The van der Waals surface area contributed by atoms with E-state index in [1.54, 1.807) is 0 Å². The monoisotopic (exact) mass is 252 g/mol. The van der Waals surface area contributed by atoms with E-state index in [-0.39, 0.29) is 5.69 Å². The Labute approximate surface area is 100 Å². The normalized spacial score (nSPS) is 23.6. The van der Waals surface area contributed by atoms with Gasteiger partial charge in [-0.3, -0.25) is 19.7 Å². The highest BCUT2D eigenvalue weighted by Crippen LogP contribution is 2.31. The third-order valence-electron chi connectivity index (χ3n) is 2.57. The summed E-state index contributed by atoms with van der Waals surface area (Å²) in [5, 5.41) is 29.3. The van der Waals surface area contributed by atoms with Crippen molar-refractivity contribution in [1.82, 2.24) is 0 Å². The minimum atomic E-state index is -1.89. The van der Waals surface area contributed by atoms with Gasteiger partial charge in [0.25, 0.3) is 17.5 Å². The highest BCUT2D eigenvalue weighted by Gasteiger charge is 2.48. The number of imide groups is 1. The van der Waals surface area contributed by atoms with E-state index in [9.17, 15) is 29.9 Å². The number of nitro groups is 1. The number of para-hydroxylation sites is 2. The summed E-state index contributed by atoms with van der Waals surface area (Å²) in [5.41, 5.74) is -0.728. The Kier molecular flexibility index (Phi) is 2.81. The fourth-order valence-corrected chi connectivity index (χ4v) is 1.69. The van der Waals surface area contributed by atoms with Gasteiger partial charge in [0, 0.05) is 6.07 Å². The number of hydrogen-bond donors (Lipinski definition) is 2. The van der Waals surface area contributed by atoms with Crippen LogP contribution in [0.3, 0.4) is 0 Å². The second-order valence-corrected chi connectivity index (χ2v) is 3.65. The third-order valence-corrected chi connectivity index (χ3v) is 2.57. The first-order chi connectivity index (χ1) is 8.45. The van der Waals surface area contributed by atoms with Gasteiger partial charge in [-0.05, 0) is 6.07 Å². The van der Waals surface area contributed by atoms with Crippen LogP contribution in [0.2, 0.25) is 0 Å². The number of benzene rings is 1. The lowest BCUT2D eigenvalue weighted by molar-refractivity contribution is -0.384. The van der Waals surface area contributed by atoms with Crippen LogP contribution in [-0.2, 0) is 9.59 Å². The zero-order valence-corrected chi connectivity index (χ0v) is 8.89. The predicted octanol–water partition coefficient (Wildman–Crippen LogP) is -0.810. The minimum Gasteiger partial charge on any atom is -0.380 e. The molecule has 0 bridgehead atoms. The molecule has 0 aliphatic carbocycles. The molecule has 1 aliphatic rings. The maximum atomic E-state index is 11.6. The number of nitro benzene ring substituents is 1. The van der Waals surface area contributed by atoms with E-state index in [0.717, 1.165) is 6.07 Å². The molecule has 2 atom stereocenters. The van der Waals surface area contributed by atoms with E-state index in [1.807, 2.05) is 0 Å². The van der Waals surface area contributed by atoms with Crippen LogP contribution in [-0.4, -0.2) is 39.2 Å². The Balaban J connectivity index is 2.53. The number of carbonyl (C=O) groups is 2. The van der Waals surface area contributed by atoms with Gasteiger partial charge in [-0.1, -0.05) is 12.1 Å². The number of anilines is 1. The molecule has 2 rings (SSSR count). The summed E-state index contributed by atoms with van der Waals surface area (Å²) in [4.78, 5) is 33.6. The molecular formula is C10H8N2O6. The number of amides is 2. The summed E-state index contributed by atoms with van der Waals surface area (Å²) in [6.07, 6.45) is -3.78. The molecule has 2 unspecified atom stereocenters. The number of aliphatic hydroxyl groups excluding tert-OH is 2. The SMILES string of the molecule is O=C1C(O)C(O)C(=O)N1c1ccccc1[N+](=O)[O-]. The van der Waals surface area contributed by atoms with Crippen LogP contribution < -0.4 is 4.90 Å². The third kappa shape index (κ3) is 1.63. The maximum absolute atomic E-state index is 11.6. The van der Waals surface area contributed by atoms with Gasteiger partial charge in [-0.2, -0.15) is 0 Å². The van der Waals surface area contributed by atoms with Crippen LogP contribution in [0.5, 0.6) is 0 Å². The zero-order valence-electron chi connectivity index (χ0n) is 8.89. The van der Waals surface area contributed by atoms with Crippen molar-refractivity contribution in [2.24, 2.45) is 0 Å². The van der Waals surface area contributed by atoms with Gasteiger partial charge >= 0.3 is 0 Å². The fraction of sp³-hybridized carbons (Fsp3) is 0.200. The molecule has 0 spiro atoms. The lowest BCUT2D eigenvalue weighted by Gasteiger charge is -2.13. The van der Waals surface area contributed by atoms with Crippen LogP contribution in [0.1, 0.15) is 0 Å². The van der Waals surface area contributed by atoms with Crippen LogP contribution in [0, 0.1) is 10.1 Å². The average Bonchev–Trinajstić information content (AvgIpc) is 2.54. The molecule has 0 aromatic heterocycles. The second-order valence-electron chi connectivity index (χ2n) is 3.65. The van der Waals surface area contributed by atoms with E-state index in [4.69, 9.17) is 0 Å². The molecule has 8 nitrogen and oxygen atoms in total. The van der Waals surface area contributed by atoms with Crippen molar-refractivity contribution in [3.63, 3.8) is 0 Å². The lowest BCUT2D eigenvalue weighted by Crippen LogP contribution is -2.32. The van der Waals surface area contributed by atoms with E-state index < -0.39 is 34.6 Å². The second kappa shape index (κ2) is 4.17. The molecule has 2 N–H and O–H groups in total. The van der Waals surface area contributed by atoms with Gasteiger partial charge in [-0.15, -0.1) is 0 Å². The standard InChI is InChI=1S/C10H8N2O6/c13-7-8(14)10(16)11(9(7)15)5-3-1-2-4-6(5)12(17)18/h1-4,7-8,13-14H. The molecule has 1 aromatic carbocycles. The van der Waals surface area contributed by atoms with Gasteiger partial charge in [0.15, 0.2) is 12.2 Å². The smallest absolute Gasteiger partial charge is 0.293 e. The number of hydrogen-bond acceptors (Lipinski definition) is 6. The van der Waals surface area contributed by atoms with E-state index >= 15 is 0 Å². The topological polar surface area (TPSA) is 121 Å². The van der Waals surface area contributed by atoms with Gasteiger partial charge in [-0.25, -0.2) is 4.90 Å². The maximum Gasteiger partial charge on any atom is 0.293 e. The first kappa shape index (κ1) is 12.1. The molecule has 1 saturated heterocycles. The van der Waals surface area contributed by atoms with E-state index in [0.29, 0.717) is 4.90 Å². The van der Waals surface area contributed by atoms with Gasteiger partial charge < -0.3 is 10.2 Å². The van der Waals surface area contributed by atoms with E-state index in [2.05, 4.69) is 0 Å². The number of aliphatic hydroxyl groups is 2. The fourth-order valence-electron chi connectivity index (χ4n) is 1.69. The summed E-state index contributed by atoms with van der Waals surface area (Å²) in [7, 11) is 0. The predicted molar refractivity (Wildman–Crippen MR) is 57.6 cm³/mol. The Morgan fingerprint density at radius 2 is 1.61 bits per heavy atom. The van der Waals surface area contributed by atoms with Crippen LogP contribution in [0.25, 0.3) is 0 Å². The molecule has 94 valence electrons. The molecule has 1 heterocycles. The summed E-state index contributed by atoms with van der Waals surface area (Å²) in [6.45, 7) is 0. The van der Waals surface area contributed by atoms with Crippen LogP contribution >= 0.6 is 0 Å². The van der Waals surface area contributed by atoms with Gasteiger partial charge in [0.2, 0.25) is 0 Å². The Morgan fingerprint density at radius 3 is 2.11 bits per heavy atom. The molecule has 1 aliphatic heterocycles. The summed E-state index contributed by atoms with van der Waals surface area (Å²) in [6, 6.07) is 5.09. The molecule has 0 saturated carbocycles. The van der Waals surface area contributed by atoms with Crippen molar-refractivity contribution < 1.29 is 24.7 Å². The molecule has 1 aromatic rings. The highest BCUT2D eigenvalue weighted by molar-refractivity contribution is 6.24. The van der Waals surface area contributed by atoms with E-state index in [1.165, 1.54) is 18.2 Å². The Morgan fingerprint density at radius 1 is 1.11 bits per heavy atom. The lowest BCUT2D eigenvalue weighted by atomic mass is 10.2. The van der Waals surface area contributed by atoms with Crippen molar-refractivity contribution in [3.05, 3.63) is 34.4 Å². The van der Waals surface area contributed by atoms with Crippen LogP contribution in [0.4, 0.5) is 11.4 Å². The van der Waals surface area contributed by atoms with Crippen molar-refractivity contribution in [1.29, 1.82) is 0 Å². The number of carbonyl (C=O) groups excluding carboxylic acids is 2. The number of nitrogens with zero attached hydrogens (tertiary/aromatic N) is 2. The largest absolute Gasteiger partial charge is 0.380 e. The molecule has 1 fully saturated rings.